The Balaban J connectivity index is 1.87. The molecular formula is C16H20FN3O2. The summed E-state index contributed by atoms with van der Waals surface area (Å²) in [6.07, 6.45) is 3.79. The molecule has 118 valence electrons. The van der Waals surface area contributed by atoms with Crippen molar-refractivity contribution in [2.75, 3.05) is 20.6 Å². The smallest absolute Gasteiger partial charge is 0.220 e. The van der Waals surface area contributed by atoms with Crippen molar-refractivity contribution in [1.29, 1.82) is 0 Å². The maximum atomic E-state index is 13.3. The van der Waals surface area contributed by atoms with Crippen LogP contribution < -0.4 is 5.32 Å². The van der Waals surface area contributed by atoms with Crippen molar-refractivity contribution in [3.63, 3.8) is 0 Å². The van der Waals surface area contributed by atoms with Crippen LogP contribution in [0.5, 0.6) is 0 Å². The Morgan fingerprint density at radius 2 is 2.27 bits per heavy atom. The van der Waals surface area contributed by atoms with Crippen molar-refractivity contribution in [1.82, 2.24) is 15.2 Å². The van der Waals surface area contributed by atoms with Crippen LogP contribution in [0.4, 0.5) is 4.39 Å². The molecule has 0 fully saturated rings. The minimum absolute atomic E-state index is 0.0698. The van der Waals surface area contributed by atoms with Crippen molar-refractivity contribution in [2.24, 2.45) is 0 Å². The molecule has 2 aromatic rings. The first kappa shape index (κ1) is 16.2. The van der Waals surface area contributed by atoms with Crippen LogP contribution in [0.3, 0.4) is 0 Å². The summed E-state index contributed by atoms with van der Waals surface area (Å²) in [5.41, 5.74) is 0.834. The lowest BCUT2D eigenvalue weighted by atomic mass is 10.1. The van der Waals surface area contributed by atoms with Gasteiger partial charge >= 0.3 is 0 Å². The minimum atomic E-state index is -0.277. The molecule has 22 heavy (non-hydrogen) atoms. The number of nitrogens with zero attached hydrogens (tertiary/aromatic N) is 2. The van der Waals surface area contributed by atoms with Gasteiger partial charge in [-0.1, -0.05) is 12.1 Å². The topological polar surface area (TPSA) is 58.4 Å². The highest BCUT2D eigenvalue weighted by Gasteiger charge is 2.16. The first-order valence-electron chi connectivity index (χ1n) is 7.12. The highest BCUT2D eigenvalue weighted by molar-refractivity contribution is 5.76. The number of benzene rings is 1. The first-order chi connectivity index (χ1) is 10.6. The fourth-order valence-electron chi connectivity index (χ4n) is 2.21. The van der Waals surface area contributed by atoms with Gasteiger partial charge in [0.2, 0.25) is 5.91 Å². The van der Waals surface area contributed by atoms with E-state index < -0.39 is 0 Å². The molecule has 0 saturated heterocycles. The zero-order valence-electron chi connectivity index (χ0n) is 12.8. The van der Waals surface area contributed by atoms with Crippen LogP contribution in [-0.2, 0) is 11.2 Å². The van der Waals surface area contributed by atoms with Crippen molar-refractivity contribution in [2.45, 2.75) is 18.9 Å². The summed E-state index contributed by atoms with van der Waals surface area (Å²) in [6, 6.07) is 6.35. The van der Waals surface area contributed by atoms with Gasteiger partial charge in [-0.15, -0.1) is 0 Å². The number of oxazole rings is 1. The molecule has 5 nitrogen and oxygen atoms in total. The molecule has 0 aliphatic heterocycles. The SMILES string of the molecule is CN(C)C(CNC(=O)CCc1cnco1)c1cccc(F)c1. The van der Waals surface area contributed by atoms with Gasteiger partial charge in [0.15, 0.2) is 6.39 Å². The molecule has 1 unspecified atom stereocenters. The van der Waals surface area contributed by atoms with E-state index in [0.29, 0.717) is 25.1 Å². The van der Waals surface area contributed by atoms with Gasteiger partial charge in [0, 0.05) is 19.4 Å². The van der Waals surface area contributed by atoms with Gasteiger partial charge in [-0.3, -0.25) is 4.79 Å². The summed E-state index contributed by atoms with van der Waals surface area (Å²) >= 11 is 0. The molecule has 0 aliphatic rings. The maximum absolute atomic E-state index is 13.3. The molecule has 1 aromatic carbocycles. The summed E-state index contributed by atoms with van der Waals surface area (Å²) in [5.74, 6) is 0.338. The van der Waals surface area contributed by atoms with Gasteiger partial charge in [0.25, 0.3) is 0 Å². The molecule has 2 rings (SSSR count). The molecule has 1 amide bonds. The van der Waals surface area contributed by atoms with Crippen molar-refractivity contribution >= 4 is 5.91 Å². The maximum Gasteiger partial charge on any atom is 0.220 e. The summed E-state index contributed by atoms with van der Waals surface area (Å²) < 4.78 is 18.4. The van der Waals surface area contributed by atoms with Gasteiger partial charge in [-0.05, 0) is 31.8 Å². The average molecular weight is 305 g/mol. The molecule has 1 N–H and O–H groups in total. The van der Waals surface area contributed by atoms with E-state index in [0.717, 1.165) is 5.56 Å². The monoisotopic (exact) mass is 305 g/mol. The van der Waals surface area contributed by atoms with Gasteiger partial charge in [0.1, 0.15) is 11.6 Å². The largest absolute Gasteiger partial charge is 0.449 e. The van der Waals surface area contributed by atoms with Crippen molar-refractivity contribution < 1.29 is 13.6 Å². The zero-order valence-corrected chi connectivity index (χ0v) is 12.8. The Morgan fingerprint density at radius 1 is 1.45 bits per heavy atom. The molecule has 0 bridgehead atoms. The molecular weight excluding hydrogens is 285 g/mol. The molecule has 0 saturated carbocycles. The highest BCUT2D eigenvalue weighted by atomic mass is 19.1. The third-order valence-electron chi connectivity index (χ3n) is 3.43. The van der Waals surface area contributed by atoms with Gasteiger partial charge in [-0.2, -0.15) is 0 Å². The quantitative estimate of drug-likeness (QED) is 0.851. The van der Waals surface area contributed by atoms with Crippen molar-refractivity contribution in [3.05, 3.63) is 54.0 Å². The molecule has 0 aliphatic carbocycles. The second kappa shape index (κ2) is 7.70. The van der Waals surface area contributed by atoms with E-state index in [1.54, 1.807) is 12.3 Å². The van der Waals surface area contributed by atoms with Crippen LogP contribution in [0.25, 0.3) is 0 Å². The van der Waals surface area contributed by atoms with E-state index in [2.05, 4.69) is 10.3 Å². The van der Waals surface area contributed by atoms with Crippen LogP contribution in [0.15, 0.2) is 41.3 Å². The van der Waals surface area contributed by atoms with Crippen LogP contribution in [0.2, 0.25) is 0 Å². The van der Waals surface area contributed by atoms with Gasteiger partial charge in [-0.25, -0.2) is 9.37 Å². The zero-order chi connectivity index (χ0) is 15.9. The number of carbonyl (C=O) groups is 1. The Morgan fingerprint density at radius 3 is 2.91 bits per heavy atom. The summed E-state index contributed by atoms with van der Waals surface area (Å²) in [7, 11) is 3.80. The standard InChI is InChI=1S/C16H20FN3O2/c1-20(2)15(12-4-3-5-13(17)8-12)10-19-16(21)7-6-14-9-18-11-22-14/h3-5,8-9,11,15H,6-7,10H2,1-2H3,(H,19,21). The Kier molecular flexibility index (Phi) is 5.66. The van der Waals surface area contributed by atoms with E-state index >= 15 is 0 Å². The molecule has 0 radical (unpaired) electrons. The second-order valence-electron chi connectivity index (χ2n) is 5.31. The molecule has 1 atom stereocenters. The molecule has 0 spiro atoms. The van der Waals surface area contributed by atoms with E-state index in [1.165, 1.54) is 18.5 Å². The van der Waals surface area contributed by atoms with E-state index in [1.807, 2.05) is 25.1 Å². The number of aryl methyl sites for hydroxylation is 1. The summed E-state index contributed by atoms with van der Waals surface area (Å²) in [5, 5.41) is 2.88. The number of aromatic nitrogens is 1. The number of hydrogen-bond donors (Lipinski definition) is 1. The number of nitrogens with one attached hydrogen (secondary N) is 1. The van der Waals surface area contributed by atoms with Gasteiger partial charge in [0.05, 0.1) is 12.2 Å². The van der Waals surface area contributed by atoms with Crippen LogP contribution in [-0.4, -0.2) is 36.4 Å². The van der Waals surface area contributed by atoms with Crippen LogP contribution in [0, 0.1) is 5.82 Å². The fourth-order valence-corrected chi connectivity index (χ4v) is 2.21. The predicted molar refractivity (Wildman–Crippen MR) is 80.7 cm³/mol. The number of halogens is 1. The number of rotatable bonds is 7. The minimum Gasteiger partial charge on any atom is -0.449 e. The second-order valence-corrected chi connectivity index (χ2v) is 5.31. The fraction of sp³-hybridized carbons (Fsp3) is 0.375. The highest BCUT2D eigenvalue weighted by Crippen LogP contribution is 2.18. The number of hydrogen-bond acceptors (Lipinski definition) is 4. The van der Waals surface area contributed by atoms with Crippen LogP contribution in [0.1, 0.15) is 23.8 Å². The Hall–Kier alpha value is -2.21. The molecule has 1 aromatic heterocycles. The third-order valence-corrected chi connectivity index (χ3v) is 3.43. The molecule has 6 heteroatoms. The lowest BCUT2D eigenvalue weighted by molar-refractivity contribution is -0.121. The van der Waals surface area contributed by atoms with Crippen LogP contribution >= 0.6 is 0 Å². The van der Waals surface area contributed by atoms with E-state index in [-0.39, 0.29) is 17.8 Å². The summed E-state index contributed by atoms with van der Waals surface area (Å²) in [6.45, 7) is 0.422. The Bertz CT molecular complexity index is 599. The Labute approximate surface area is 129 Å². The predicted octanol–water partition coefficient (Wildman–Crippen LogP) is 2.17. The average Bonchev–Trinajstić information content (AvgIpc) is 2.98. The van der Waals surface area contributed by atoms with E-state index in [9.17, 15) is 9.18 Å². The van der Waals surface area contributed by atoms with Crippen molar-refractivity contribution in [3.8, 4) is 0 Å². The summed E-state index contributed by atoms with van der Waals surface area (Å²) in [4.78, 5) is 17.7. The number of carbonyl (C=O) groups excluding carboxylic acids is 1. The lowest BCUT2D eigenvalue weighted by Gasteiger charge is -2.25. The van der Waals surface area contributed by atoms with Gasteiger partial charge < -0.3 is 14.6 Å². The first-order valence-corrected chi connectivity index (χ1v) is 7.12. The number of likely N-dealkylation sites (N-methyl/N-ethyl adjacent to an activating group) is 1. The third kappa shape index (κ3) is 4.66. The normalized spacial score (nSPS) is 12.4. The molecule has 1 heterocycles. The van der Waals surface area contributed by atoms with E-state index in [4.69, 9.17) is 4.42 Å². The number of amides is 1. The lowest BCUT2D eigenvalue weighted by Crippen LogP contribution is -2.34.